The minimum Gasteiger partial charge on any atom is -0.487 e. The number of hydrogen-bond donors (Lipinski definition) is 1. The Bertz CT molecular complexity index is 1020. The van der Waals surface area contributed by atoms with Crippen LogP contribution in [0.15, 0.2) is 48.5 Å². The number of carbonyl (C=O) groups excluding carboxylic acids is 1. The maximum atomic E-state index is 12.8. The number of fused-ring (bicyclic) bond motifs is 1. The number of rotatable bonds is 6. The van der Waals surface area contributed by atoms with Crippen molar-refractivity contribution in [3.8, 4) is 5.75 Å². The third-order valence-electron chi connectivity index (χ3n) is 6.01. The van der Waals surface area contributed by atoms with Crippen molar-refractivity contribution in [2.45, 2.75) is 38.3 Å². The van der Waals surface area contributed by atoms with Gasteiger partial charge in [-0.2, -0.15) is 0 Å². The molecule has 4 rings (SSSR count). The SMILES string of the molecule is Cn1c(COc2ccc(Cl)cc2)c(CCC(=O)N2CCC(N)CC2)c2ccccc21. The second kappa shape index (κ2) is 9.11. The first-order valence-electron chi connectivity index (χ1n) is 10.5. The fourth-order valence-electron chi connectivity index (χ4n) is 4.21. The number of nitrogens with two attached hydrogens (primary N) is 1. The number of aryl methyl sites for hydroxylation is 2. The number of piperidine rings is 1. The van der Waals surface area contributed by atoms with E-state index in [0.29, 0.717) is 24.5 Å². The molecule has 1 aliphatic rings. The Morgan fingerprint density at radius 2 is 1.83 bits per heavy atom. The van der Waals surface area contributed by atoms with Crippen LogP contribution < -0.4 is 10.5 Å². The van der Waals surface area contributed by atoms with Crippen LogP contribution in [-0.2, 0) is 24.9 Å². The Hall–Kier alpha value is -2.50. The number of nitrogens with zero attached hydrogens (tertiary/aromatic N) is 2. The third-order valence-corrected chi connectivity index (χ3v) is 6.27. The van der Waals surface area contributed by atoms with E-state index in [4.69, 9.17) is 22.1 Å². The van der Waals surface area contributed by atoms with Crippen LogP contribution >= 0.6 is 11.6 Å². The maximum Gasteiger partial charge on any atom is 0.222 e. The molecule has 1 amide bonds. The number of likely N-dealkylation sites (tertiary alicyclic amines) is 1. The summed E-state index contributed by atoms with van der Waals surface area (Å²) in [4.78, 5) is 14.7. The second-order valence-corrected chi connectivity index (χ2v) is 8.40. The van der Waals surface area contributed by atoms with E-state index in [2.05, 4.69) is 23.7 Å². The van der Waals surface area contributed by atoms with Gasteiger partial charge in [-0.3, -0.25) is 4.79 Å². The number of amides is 1. The van der Waals surface area contributed by atoms with Crippen molar-refractivity contribution >= 4 is 28.4 Å². The molecule has 2 N–H and O–H groups in total. The zero-order chi connectivity index (χ0) is 21.1. The summed E-state index contributed by atoms with van der Waals surface area (Å²) in [6, 6.07) is 15.9. The van der Waals surface area contributed by atoms with Gasteiger partial charge in [-0.1, -0.05) is 29.8 Å². The number of carbonyl (C=O) groups is 1. The van der Waals surface area contributed by atoms with Gasteiger partial charge in [0.1, 0.15) is 12.4 Å². The number of ether oxygens (including phenoxy) is 1. The third kappa shape index (κ3) is 4.47. The quantitative estimate of drug-likeness (QED) is 0.640. The summed E-state index contributed by atoms with van der Waals surface area (Å²) in [6.45, 7) is 1.97. The molecule has 1 aliphatic heterocycles. The van der Waals surface area contributed by atoms with Crippen LogP contribution in [0.1, 0.15) is 30.5 Å². The maximum absolute atomic E-state index is 12.8. The molecule has 158 valence electrons. The lowest BCUT2D eigenvalue weighted by atomic mass is 10.0. The van der Waals surface area contributed by atoms with Crippen LogP contribution in [0.2, 0.25) is 5.02 Å². The van der Waals surface area contributed by atoms with Crippen molar-refractivity contribution in [1.29, 1.82) is 0 Å². The van der Waals surface area contributed by atoms with Crippen LogP contribution in [0.4, 0.5) is 0 Å². The molecule has 0 radical (unpaired) electrons. The monoisotopic (exact) mass is 425 g/mol. The normalized spacial score (nSPS) is 15.0. The van der Waals surface area contributed by atoms with Crippen LogP contribution in [-0.4, -0.2) is 34.5 Å². The second-order valence-electron chi connectivity index (χ2n) is 7.96. The molecule has 30 heavy (non-hydrogen) atoms. The molecule has 3 aromatic rings. The van der Waals surface area contributed by atoms with Gasteiger partial charge in [0.25, 0.3) is 0 Å². The molecule has 2 aromatic carbocycles. The van der Waals surface area contributed by atoms with Gasteiger partial charge < -0.3 is 19.9 Å². The summed E-state index contributed by atoms with van der Waals surface area (Å²) < 4.78 is 8.22. The molecule has 5 nitrogen and oxygen atoms in total. The average molecular weight is 426 g/mol. The molecule has 0 atom stereocenters. The van der Waals surface area contributed by atoms with E-state index in [1.165, 1.54) is 10.9 Å². The summed E-state index contributed by atoms with van der Waals surface area (Å²) in [7, 11) is 2.06. The highest BCUT2D eigenvalue weighted by Crippen LogP contribution is 2.28. The number of benzene rings is 2. The van der Waals surface area contributed by atoms with Crippen LogP contribution in [0.3, 0.4) is 0 Å². The van der Waals surface area contributed by atoms with E-state index in [0.717, 1.165) is 42.9 Å². The van der Waals surface area contributed by atoms with E-state index in [1.807, 2.05) is 41.3 Å². The number of hydrogen-bond acceptors (Lipinski definition) is 3. The smallest absolute Gasteiger partial charge is 0.222 e. The average Bonchev–Trinajstić information content (AvgIpc) is 3.03. The van der Waals surface area contributed by atoms with E-state index < -0.39 is 0 Å². The molecule has 2 heterocycles. The standard InChI is InChI=1S/C24H28ClN3O2/c1-27-22-5-3-2-4-20(22)21(10-11-24(29)28-14-12-18(26)13-15-28)23(27)16-30-19-8-6-17(25)7-9-19/h2-9,18H,10-16,26H2,1H3. The number of aromatic nitrogens is 1. The van der Waals surface area contributed by atoms with Gasteiger partial charge in [-0.15, -0.1) is 0 Å². The molecule has 6 heteroatoms. The minimum absolute atomic E-state index is 0.208. The van der Waals surface area contributed by atoms with E-state index >= 15 is 0 Å². The van der Waals surface area contributed by atoms with Gasteiger partial charge >= 0.3 is 0 Å². The predicted molar refractivity (Wildman–Crippen MR) is 121 cm³/mol. The van der Waals surface area contributed by atoms with E-state index in [1.54, 1.807) is 0 Å². The molecule has 0 aliphatic carbocycles. The fourth-order valence-corrected chi connectivity index (χ4v) is 4.33. The van der Waals surface area contributed by atoms with Gasteiger partial charge in [0.05, 0.1) is 5.69 Å². The Morgan fingerprint density at radius 3 is 2.57 bits per heavy atom. The molecule has 1 fully saturated rings. The van der Waals surface area contributed by atoms with E-state index in [9.17, 15) is 4.79 Å². The van der Waals surface area contributed by atoms with Crippen LogP contribution in [0.25, 0.3) is 10.9 Å². The Morgan fingerprint density at radius 1 is 1.13 bits per heavy atom. The minimum atomic E-state index is 0.208. The Kier molecular flexibility index (Phi) is 6.30. The van der Waals surface area contributed by atoms with Gasteiger partial charge in [0.15, 0.2) is 0 Å². The first-order chi connectivity index (χ1) is 14.5. The largest absolute Gasteiger partial charge is 0.487 e. The topological polar surface area (TPSA) is 60.5 Å². The summed E-state index contributed by atoms with van der Waals surface area (Å²) in [5, 5.41) is 1.87. The molecule has 1 aromatic heterocycles. The molecule has 0 unspecified atom stereocenters. The van der Waals surface area contributed by atoms with Gasteiger partial charge in [0, 0.05) is 48.5 Å². The first kappa shape index (κ1) is 20.8. The van der Waals surface area contributed by atoms with Crippen LogP contribution in [0, 0.1) is 0 Å². The molecule has 0 bridgehead atoms. The lowest BCUT2D eigenvalue weighted by Crippen LogP contribution is -2.42. The Balaban J connectivity index is 1.52. The summed E-state index contributed by atoms with van der Waals surface area (Å²) in [5.41, 5.74) is 9.41. The van der Waals surface area contributed by atoms with Crippen molar-refractivity contribution in [1.82, 2.24) is 9.47 Å². The van der Waals surface area contributed by atoms with Crippen molar-refractivity contribution in [3.63, 3.8) is 0 Å². The lowest BCUT2D eigenvalue weighted by Gasteiger charge is -2.30. The predicted octanol–water partition coefficient (Wildman–Crippen LogP) is 4.29. The number of para-hydroxylation sites is 1. The Labute approximate surface area is 182 Å². The van der Waals surface area contributed by atoms with Crippen molar-refractivity contribution in [2.75, 3.05) is 13.1 Å². The van der Waals surface area contributed by atoms with Crippen molar-refractivity contribution in [3.05, 3.63) is 64.8 Å². The van der Waals surface area contributed by atoms with Crippen molar-refractivity contribution in [2.24, 2.45) is 12.8 Å². The fraction of sp³-hybridized carbons (Fsp3) is 0.375. The highest BCUT2D eigenvalue weighted by Gasteiger charge is 2.22. The van der Waals surface area contributed by atoms with Gasteiger partial charge in [-0.05, 0) is 55.2 Å². The molecule has 0 saturated carbocycles. The first-order valence-corrected chi connectivity index (χ1v) is 10.9. The summed E-state index contributed by atoms with van der Waals surface area (Å²) in [6.07, 6.45) is 2.97. The summed E-state index contributed by atoms with van der Waals surface area (Å²) >= 11 is 5.97. The lowest BCUT2D eigenvalue weighted by molar-refractivity contribution is -0.132. The van der Waals surface area contributed by atoms with Gasteiger partial charge in [0.2, 0.25) is 5.91 Å². The molecular formula is C24H28ClN3O2. The molecule has 0 spiro atoms. The van der Waals surface area contributed by atoms with Crippen LogP contribution in [0.5, 0.6) is 5.75 Å². The zero-order valence-electron chi connectivity index (χ0n) is 17.3. The highest BCUT2D eigenvalue weighted by molar-refractivity contribution is 6.30. The number of halogens is 1. The van der Waals surface area contributed by atoms with Gasteiger partial charge in [-0.25, -0.2) is 0 Å². The zero-order valence-corrected chi connectivity index (χ0v) is 18.1. The van der Waals surface area contributed by atoms with Crippen molar-refractivity contribution < 1.29 is 9.53 Å². The molecular weight excluding hydrogens is 398 g/mol. The summed E-state index contributed by atoms with van der Waals surface area (Å²) in [5.74, 6) is 0.982. The molecule has 1 saturated heterocycles. The van der Waals surface area contributed by atoms with E-state index in [-0.39, 0.29) is 11.9 Å². The highest BCUT2D eigenvalue weighted by atomic mass is 35.5.